The molecule has 2 unspecified atom stereocenters. The largest absolute Gasteiger partial charge is 0.458 e. The Morgan fingerprint density at radius 3 is 2.44 bits per heavy atom. The molecule has 2 atom stereocenters. The summed E-state index contributed by atoms with van der Waals surface area (Å²) in [4.78, 5) is 23.9. The number of allylic oxidation sites excluding steroid dienone is 1. The zero-order valence-corrected chi connectivity index (χ0v) is 18.7. The number of benzene rings is 2. The fourth-order valence-electron chi connectivity index (χ4n) is 2.77. The lowest BCUT2D eigenvalue weighted by atomic mass is 10.2. The fourth-order valence-corrected chi connectivity index (χ4v) is 3.34. The first kappa shape index (κ1) is 23.5. The van der Waals surface area contributed by atoms with E-state index in [0.717, 1.165) is 6.07 Å². The molecule has 2 aromatic rings. The van der Waals surface area contributed by atoms with Crippen molar-refractivity contribution in [3.63, 3.8) is 0 Å². The average Bonchev–Trinajstić information content (AvgIpc) is 2.75. The molecule has 0 radical (unpaired) electrons. The number of hydrogen-bond acceptors (Lipinski definition) is 4. The van der Waals surface area contributed by atoms with Crippen LogP contribution in [-0.2, 0) is 10.5 Å². The van der Waals surface area contributed by atoms with Crippen molar-refractivity contribution in [2.45, 2.75) is 11.7 Å². The Labute approximate surface area is 190 Å². The lowest BCUT2D eigenvalue weighted by Crippen LogP contribution is -2.40. The van der Waals surface area contributed by atoms with E-state index < -0.39 is 23.3 Å². The molecule has 0 fully saturated rings. The maximum Gasteiger partial charge on any atom is 0.323 e. The van der Waals surface area contributed by atoms with Crippen molar-refractivity contribution in [2.75, 3.05) is 17.7 Å². The molecule has 3 amide bonds. The van der Waals surface area contributed by atoms with Gasteiger partial charge in [-0.1, -0.05) is 20.8 Å². The van der Waals surface area contributed by atoms with Gasteiger partial charge in [-0.3, -0.25) is 4.79 Å². The summed E-state index contributed by atoms with van der Waals surface area (Å²) < 4.78 is 32.9. The molecule has 4 N–H and O–H groups in total. The van der Waals surface area contributed by atoms with Crippen LogP contribution in [0.15, 0.2) is 66.6 Å². The second-order valence-electron chi connectivity index (χ2n) is 6.68. The molecule has 1 aliphatic heterocycles. The van der Waals surface area contributed by atoms with Crippen molar-refractivity contribution in [3.05, 3.63) is 77.2 Å². The smallest absolute Gasteiger partial charge is 0.323 e. The van der Waals surface area contributed by atoms with Crippen molar-refractivity contribution >= 4 is 44.2 Å². The second kappa shape index (κ2) is 9.97. The van der Waals surface area contributed by atoms with Gasteiger partial charge in [-0.25, -0.2) is 4.79 Å². The highest BCUT2D eigenvalue weighted by Gasteiger charge is 2.28. The molecular formula is C21H20ClF2N4O3P. The van der Waals surface area contributed by atoms with Crippen LogP contribution in [0.5, 0.6) is 5.75 Å². The third kappa shape index (κ3) is 6.18. The maximum absolute atomic E-state index is 13.6. The number of anilines is 2. The van der Waals surface area contributed by atoms with Crippen LogP contribution in [0.2, 0.25) is 5.02 Å². The van der Waals surface area contributed by atoms with Crippen molar-refractivity contribution in [2.24, 2.45) is 0 Å². The molecule has 168 valence electrons. The van der Waals surface area contributed by atoms with Crippen molar-refractivity contribution < 1.29 is 23.1 Å². The number of carbonyl (C=O) groups is 2. The molecule has 1 heterocycles. The van der Waals surface area contributed by atoms with E-state index in [1.807, 2.05) is 0 Å². The molecule has 0 saturated heterocycles. The van der Waals surface area contributed by atoms with E-state index in [1.54, 1.807) is 49.7 Å². The lowest BCUT2D eigenvalue weighted by molar-refractivity contribution is -0.121. The van der Waals surface area contributed by atoms with E-state index in [4.69, 9.17) is 16.3 Å². The van der Waals surface area contributed by atoms with Gasteiger partial charge in [0.25, 0.3) is 5.66 Å². The Morgan fingerprint density at radius 1 is 1.12 bits per heavy atom. The summed E-state index contributed by atoms with van der Waals surface area (Å²) in [5, 5.41) is 10.4. The zero-order chi connectivity index (χ0) is 23.3. The number of amides is 3. The predicted octanol–water partition coefficient (Wildman–Crippen LogP) is 4.40. The van der Waals surface area contributed by atoms with Gasteiger partial charge in [-0.05, 0) is 54.6 Å². The molecule has 0 aromatic heterocycles. The highest BCUT2D eigenvalue weighted by Crippen LogP contribution is 2.40. The van der Waals surface area contributed by atoms with Gasteiger partial charge >= 0.3 is 6.03 Å². The first-order chi connectivity index (χ1) is 15.2. The predicted molar refractivity (Wildman–Crippen MR) is 123 cm³/mol. The molecule has 11 heteroatoms. The molecule has 1 aliphatic rings. The SMILES string of the molecule is CNC(=O)C1C=C(Oc2ccc(NC(=O)Nc3ccc(Cl)c(C(F)(F)P)c3)cc2)C=CN1. The van der Waals surface area contributed by atoms with Crippen LogP contribution in [0.1, 0.15) is 5.56 Å². The van der Waals surface area contributed by atoms with Crippen LogP contribution in [0, 0.1) is 0 Å². The van der Waals surface area contributed by atoms with Gasteiger partial charge in [0, 0.05) is 30.2 Å². The van der Waals surface area contributed by atoms with Gasteiger partial charge in [0.1, 0.15) is 17.6 Å². The van der Waals surface area contributed by atoms with Gasteiger partial charge < -0.3 is 26.0 Å². The number of urea groups is 1. The van der Waals surface area contributed by atoms with Crippen LogP contribution in [-0.4, -0.2) is 25.0 Å². The van der Waals surface area contributed by atoms with Crippen molar-refractivity contribution in [3.8, 4) is 5.75 Å². The van der Waals surface area contributed by atoms with Crippen LogP contribution >= 0.6 is 20.8 Å². The summed E-state index contributed by atoms with van der Waals surface area (Å²) in [5.41, 5.74) is -3.01. The number of nitrogens with one attached hydrogen (secondary N) is 4. The molecule has 2 aromatic carbocycles. The van der Waals surface area contributed by atoms with Crippen molar-refractivity contribution in [1.82, 2.24) is 10.6 Å². The van der Waals surface area contributed by atoms with Gasteiger partial charge in [-0.15, -0.1) is 0 Å². The first-order valence-electron chi connectivity index (χ1n) is 9.34. The number of likely N-dealkylation sites (N-methyl/N-ethyl adjacent to an activating group) is 1. The molecule has 32 heavy (non-hydrogen) atoms. The number of halogens is 3. The number of alkyl halides is 2. The Hall–Kier alpha value is -3.16. The van der Waals surface area contributed by atoms with E-state index >= 15 is 0 Å². The maximum atomic E-state index is 13.6. The normalized spacial score (nSPS) is 15.3. The van der Waals surface area contributed by atoms with Gasteiger partial charge in [0.2, 0.25) is 5.91 Å². The van der Waals surface area contributed by atoms with Gasteiger partial charge in [0.15, 0.2) is 0 Å². The molecule has 0 saturated carbocycles. The minimum atomic E-state index is -3.22. The van der Waals surface area contributed by atoms with E-state index in [1.165, 1.54) is 21.4 Å². The molecule has 0 aliphatic carbocycles. The Balaban J connectivity index is 1.60. The number of carbonyl (C=O) groups excluding carboxylic acids is 2. The summed E-state index contributed by atoms with van der Waals surface area (Å²) in [6, 6.07) is 9.16. The van der Waals surface area contributed by atoms with Crippen LogP contribution in [0.4, 0.5) is 25.0 Å². The minimum absolute atomic E-state index is 0.105. The van der Waals surface area contributed by atoms with Crippen LogP contribution in [0.3, 0.4) is 0 Å². The summed E-state index contributed by atoms with van der Waals surface area (Å²) in [6.07, 6.45) is 4.93. The molecule has 0 spiro atoms. The third-order valence-electron chi connectivity index (χ3n) is 4.31. The summed E-state index contributed by atoms with van der Waals surface area (Å²) >= 11 is 5.80. The standard InChI is InChI=1S/C21H20ClF2N4O3P/c1-25-19(29)18-11-15(8-9-26-18)31-14-5-2-12(3-6-14)27-20(30)28-13-4-7-17(22)16(10-13)21(23,24)32/h2-11,18,26H,32H2,1H3,(H,25,29)(H2,27,28,30). The number of ether oxygens (including phenoxy) is 1. The zero-order valence-electron chi connectivity index (χ0n) is 16.8. The highest BCUT2D eigenvalue weighted by molar-refractivity contribution is 7.17. The Morgan fingerprint density at radius 2 is 1.78 bits per heavy atom. The Kier molecular flexibility index (Phi) is 7.33. The molecule has 7 nitrogen and oxygen atoms in total. The minimum Gasteiger partial charge on any atom is -0.458 e. The second-order valence-corrected chi connectivity index (χ2v) is 7.82. The monoisotopic (exact) mass is 480 g/mol. The first-order valence-corrected chi connectivity index (χ1v) is 10.3. The lowest BCUT2D eigenvalue weighted by Gasteiger charge is -2.18. The summed E-state index contributed by atoms with van der Waals surface area (Å²) in [7, 11) is 2.95. The van der Waals surface area contributed by atoms with Crippen LogP contribution in [0.25, 0.3) is 0 Å². The van der Waals surface area contributed by atoms with Gasteiger partial charge in [-0.2, -0.15) is 8.78 Å². The number of dihydropyridines is 1. The number of hydrogen-bond donors (Lipinski definition) is 4. The molecule has 0 bridgehead atoms. The topological polar surface area (TPSA) is 91.5 Å². The van der Waals surface area contributed by atoms with E-state index in [2.05, 4.69) is 21.3 Å². The Bertz CT molecular complexity index is 1070. The quantitative estimate of drug-likeness (QED) is 0.461. The average molecular weight is 481 g/mol. The number of rotatable bonds is 6. The summed E-state index contributed by atoms with van der Waals surface area (Å²) in [5.74, 6) is 0.782. The molecular weight excluding hydrogens is 461 g/mol. The fraction of sp³-hybridized carbons (Fsp3) is 0.143. The highest BCUT2D eigenvalue weighted by atomic mass is 35.5. The van der Waals surface area contributed by atoms with E-state index in [-0.39, 0.29) is 16.6 Å². The van der Waals surface area contributed by atoms with E-state index in [9.17, 15) is 18.4 Å². The van der Waals surface area contributed by atoms with Crippen LogP contribution < -0.4 is 26.0 Å². The van der Waals surface area contributed by atoms with E-state index in [0.29, 0.717) is 17.2 Å². The van der Waals surface area contributed by atoms with Gasteiger partial charge in [0.05, 0.1) is 5.02 Å². The third-order valence-corrected chi connectivity index (χ3v) is 4.95. The van der Waals surface area contributed by atoms with Crippen molar-refractivity contribution in [1.29, 1.82) is 0 Å². The molecule has 3 rings (SSSR count). The summed E-state index contributed by atoms with van der Waals surface area (Å²) in [6.45, 7) is 0.